The van der Waals surface area contributed by atoms with Crippen LogP contribution in [0.15, 0.2) is 24.3 Å². The molecule has 0 saturated carbocycles. The van der Waals surface area contributed by atoms with Crippen molar-refractivity contribution in [2.75, 3.05) is 12.4 Å². The Morgan fingerprint density at radius 2 is 2.12 bits per heavy atom. The van der Waals surface area contributed by atoms with Crippen molar-refractivity contribution >= 4 is 44.8 Å². The zero-order valence-corrected chi connectivity index (χ0v) is 11.5. The Hall–Kier alpha value is -0.260. The number of halogens is 1. The third kappa shape index (κ3) is 3.14. The molecule has 2 nitrogen and oxygen atoms in total. The predicted octanol–water partition coefficient (Wildman–Crippen LogP) is 3.14. The van der Waals surface area contributed by atoms with Crippen LogP contribution in [0.25, 0.3) is 10.1 Å². The highest BCUT2D eigenvalue weighted by Gasteiger charge is 2.10. The van der Waals surface area contributed by atoms with Gasteiger partial charge in [0.15, 0.2) is 0 Å². The second-order valence-electron chi connectivity index (χ2n) is 3.69. The van der Waals surface area contributed by atoms with Gasteiger partial charge in [-0.1, -0.05) is 29.8 Å². The summed E-state index contributed by atoms with van der Waals surface area (Å²) in [5, 5.41) is 19.9. The average molecular weight is 289 g/mol. The van der Waals surface area contributed by atoms with Gasteiger partial charge in [-0.25, -0.2) is 0 Å². The van der Waals surface area contributed by atoms with Crippen LogP contribution in [-0.2, 0) is 5.75 Å². The minimum absolute atomic E-state index is 0.187. The number of hydrogen-bond acceptors (Lipinski definition) is 4. The van der Waals surface area contributed by atoms with Crippen molar-refractivity contribution in [1.29, 1.82) is 0 Å². The van der Waals surface area contributed by atoms with Gasteiger partial charge in [-0.3, -0.25) is 0 Å². The molecule has 2 aromatic rings. The number of aliphatic hydroxyl groups is 2. The Balaban J connectivity index is 2.06. The molecule has 0 amide bonds. The van der Waals surface area contributed by atoms with Crippen molar-refractivity contribution in [3.8, 4) is 0 Å². The lowest BCUT2D eigenvalue weighted by Gasteiger charge is -2.05. The van der Waals surface area contributed by atoms with Crippen molar-refractivity contribution in [1.82, 2.24) is 0 Å². The van der Waals surface area contributed by atoms with Gasteiger partial charge in [-0.2, -0.15) is 11.8 Å². The van der Waals surface area contributed by atoms with Crippen molar-refractivity contribution in [3.05, 3.63) is 34.2 Å². The average Bonchev–Trinajstić information content (AvgIpc) is 2.67. The fourth-order valence-electron chi connectivity index (χ4n) is 1.50. The van der Waals surface area contributed by atoms with E-state index in [4.69, 9.17) is 16.7 Å². The summed E-state index contributed by atoms with van der Waals surface area (Å²) in [6.07, 6.45) is -0.645. The molecular weight excluding hydrogens is 276 g/mol. The summed E-state index contributed by atoms with van der Waals surface area (Å²) >= 11 is 9.56. The monoisotopic (exact) mass is 288 g/mol. The molecule has 1 heterocycles. The van der Waals surface area contributed by atoms with Crippen LogP contribution < -0.4 is 0 Å². The lowest BCUT2D eigenvalue weighted by Crippen LogP contribution is -2.14. The van der Waals surface area contributed by atoms with Crippen LogP contribution >= 0.6 is 34.7 Å². The molecule has 2 rings (SSSR count). The summed E-state index contributed by atoms with van der Waals surface area (Å²) in [5.41, 5.74) is 0. The normalized spacial score (nSPS) is 13.1. The number of thiophene rings is 1. The van der Waals surface area contributed by atoms with Crippen LogP contribution in [-0.4, -0.2) is 28.7 Å². The van der Waals surface area contributed by atoms with E-state index in [9.17, 15) is 5.11 Å². The summed E-state index contributed by atoms with van der Waals surface area (Å²) in [4.78, 5) is 1.13. The van der Waals surface area contributed by atoms with Crippen LogP contribution in [0.1, 0.15) is 4.88 Å². The molecule has 0 saturated heterocycles. The highest BCUT2D eigenvalue weighted by molar-refractivity contribution is 7.98. The molecule has 1 aromatic heterocycles. The predicted molar refractivity (Wildman–Crippen MR) is 76.1 cm³/mol. The number of hydrogen-bond donors (Lipinski definition) is 2. The van der Waals surface area contributed by atoms with Gasteiger partial charge in [0.25, 0.3) is 0 Å². The number of thioether (sulfide) groups is 1. The fourth-order valence-corrected chi connectivity index (χ4v) is 4.18. The molecule has 0 radical (unpaired) electrons. The third-order valence-corrected chi connectivity index (χ3v) is 5.37. The topological polar surface area (TPSA) is 40.5 Å². The van der Waals surface area contributed by atoms with E-state index >= 15 is 0 Å². The first-order chi connectivity index (χ1) is 8.22. The summed E-state index contributed by atoms with van der Waals surface area (Å²) < 4.78 is 1.19. The van der Waals surface area contributed by atoms with Crippen LogP contribution in [0.3, 0.4) is 0 Å². The number of benzene rings is 1. The quantitative estimate of drug-likeness (QED) is 0.888. The summed E-state index contributed by atoms with van der Waals surface area (Å²) in [5.74, 6) is 1.30. The second kappa shape index (κ2) is 6.07. The Morgan fingerprint density at radius 3 is 2.82 bits per heavy atom. The minimum atomic E-state index is -0.645. The van der Waals surface area contributed by atoms with E-state index in [0.29, 0.717) is 5.75 Å². The molecule has 1 atom stereocenters. The van der Waals surface area contributed by atoms with E-state index in [1.807, 2.05) is 18.2 Å². The molecule has 0 aliphatic heterocycles. The number of rotatable bonds is 5. The van der Waals surface area contributed by atoms with E-state index in [1.165, 1.54) is 4.70 Å². The highest BCUT2D eigenvalue weighted by atomic mass is 35.5. The number of aliphatic hydroxyl groups excluding tert-OH is 2. The van der Waals surface area contributed by atoms with Gasteiger partial charge in [-0.05, 0) is 6.07 Å². The number of fused-ring (bicyclic) bond motifs is 1. The van der Waals surface area contributed by atoms with E-state index < -0.39 is 6.10 Å². The Bertz CT molecular complexity index is 498. The Kier molecular flexibility index (Phi) is 4.70. The molecule has 17 heavy (non-hydrogen) atoms. The van der Waals surface area contributed by atoms with Crippen molar-refractivity contribution in [2.24, 2.45) is 0 Å². The molecule has 0 aliphatic carbocycles. The molecule has 0 bridgehead atoms. The van der Waals surface area contributed by atoms with Crippen molar-refractivity contribution < 1.29 is 10.2 Å². The molecular formula is C12H13ClO2S2. The van der Waals surface area contributed by atoms with E-state index in [-0.39, 0.29) is 6.61 Å². The Morgan fingerprint density at radius 1 is 1.35 bits per heavy atom. The molecule has 2 N–H and O–H groups in total. The fraction of sp³-hybridized carbons (Fsp3) is 0.333. The molecule has 1 unspecified atom stereocenters. The van der Waals surface area contributed by atoms with Crippen LogP contribution in [0.4, 0.5) is 0 Å². The minimum Gasteiger partial charge on any atom is -0.394 e. The summed E-state index contributed by atoms with van der Waals surface area (Å²) in [6, 6.07) is 8.06. The summed E-state index contributed by atoms with van der Waals surface area (Å²) in [6.45, 7) is -0.187. The van der Waals surface area contributed by atoms with E-state index in [1.54, 1.807) is 23.1 Å². The zero-order valence-electron chi connectivity index (χ0n) is 9.10. The SMILES string of the molecule is OCC(O)CSCc1sc2ccccc2c1Cl. The molecule has 5 heteroatoms. The standard InChI is InChI=1S/C12H13ClO2S2/c13-12-9-3-1-2-4-10(9)17-11(12)7-16-6-8(15)5-14/h1-4,8,14-15H,5-7H2. The Labute approximate surface area is 113 Å². The molecule has 92 valence electrons. The lowest BCUT2D eigenvalue weighted by atomic mass is 10.2. The highest BCUT2D eigenvalue weighted by Crippen LogP contribution is 2.37. The first-order valence-electron chi connectivity index (χ1n) is 5.25. The molecule has 1 aromatic carbocycles. The van der Waals surface area contributed by atoms with E-state index in [0.717, 1.165) is 21.0 Å². The first-order valence-corrected chi connectivity index (χ1v) is 7.60. The van der Waals surface area contributed by atoms with Crippen LogP contribution in [0, 0.1) is 0 Å². The van der Waals surface area contributed by atoms with Crippen LogP contribution in [0.2, 0.25) is 5.02 Å². The van der Waals surface area contributed by atoms with Gasteiger partial charge in [-0.15, -0.1) is 11.3 Å². The maximum Gasteiger partial charge on any atom is 0.0861 e. The maximum atomic E-state index is 9.24. The van der Waals surface area contributed by atoms with Crippen LogP contribution in [0.5, 0.6) is 0 Å². The lowest BCUT2D eigenvalue weighted by molar-refractivity contribution is 0.113. The summed E-state index contributed by atoms with van der Waals surface area (Å²) in [7, 11) is 0. The van der Waals surface area contributed by atoms with Gasteiger partial charge in [0, 0.05) is 26.5 Å². The third-order valence-electron chi connectivity index (χ3n) is 2.36. The van der Waals surface area contributed by atoms with Gasteiger partial charge < -0.3 is 10.2 Å². The molecule has 0 aliphatic rings. The first kappa shape index (κ1) is 13.2. The van der Waals surface area contributed by atoms with Gasteiger partial charge >= 0.3 is 0 Å². The van der Waals surface area contributed by atoms with Crippen molar-refractivity contribution in [3.63, 3.8) is 0 Å². The molecule has 0 fully saturated rings. The van der Waals surface area contributed by atoms with E-state index in [2.05, 4.69) is 6.07 Å². The maximum absolute atomic E-state index is 9.24. The van der Waals surface area contributed by atoms with Crippen molar-refractivity contribution in [2.45, 2.75) is 11.9 Å². The second-order valence-corrected chi connectivity index (χ2v) is 6.23. The largest absolute Gasteiger partial charge is 0.394 e. The zero-order chi connectivity index (χ0) is 12.3. The molecule has 0 spiro atoms. The van der Waals surface area contributed by atoms with Gasteiger partial charge in [0.1, 0.15) is 0 Å². The smallest absolute Gasteiger partial charge is 0.0861 e. The van der Waals surface area contributed by atoms with Gasteiger partial charge in [0.2, 0.25) is 0 Å². The van der Waals surface area contributed by atoms with Gasteiger partial charge in [0.05, 0.1) is 17.7 Å².